The maximum Gasteiger partial charge on any atom is 0.251 e. The molecule has 0 unspecified atom stereocenters. The van der Waals surface area contributed by atoms with Crippen molar-refractivity contribution in [1.82, 2.24) is 10.3 Å². The number of hydrogen-bond donors (Lipinski definition) is 2. The number of aryl methyl sites for hydroxylation is 1. The van der Waals surface area contributed by atoms with E-state index in [4.69, 9.17) is 5.73 Å². The molecule has 1 aliphatic rings. The molecule has 17 heavy (non-hydrogen) atoms. The number of carbonyl (C=O) groups is 1. The highest BCUT2D eigenvalue weighted by Gasteiger charge is 2.38. The second kappa shape index (κ2) is 4.35. The molecule has 1 aromatic rings. The minimum absolute atomic E-state index is 0.0000346. The van der Waals surface area contributed by atoms with Gasteiger partial charge in [0.25, 0.3) is 5.91 Å². The first-order valence-corrected chi connectivity index (χ1v) is 6.11. The molecule has 1 amide bonds. The van der Waals surface area contributed by atoms with Crippen LogP contribution in [0.15, 0.2) is 12.1 Å². The van der Waals surface area contributed by atoms with Crippen LogP contribution in [0.1, 0.15) is 49.2 Å². The number of carbonyl (C=O) groups excluding carboxylic acids is 1. The van der Waals surface area contributed by atoms with E-state index in [1.54, 1.807) is 6.07 Å². The molecule has 1 heterocycles. The molecule has 4 heteroatoms. The van der Waals surface area contributed by atoms with Crippen molar-refractivity contribution in [2.45, 2.75) is 45.1 Å². The number of amides is 1. The summed E-state index contributed by atoms with van der Waals surface area (Å²) < 4.78 is 0. The van der Waals surface area contributed by atoms with Crippen LogP contribution < -0.4 is 11.1 Å². The molecule has 0 bridgehead atoms. The summed E-state index contributed by atoms with van der Waals surface area (Å²) in [6, 6.07) is 3.47. The van der Waals surface area contributed by atoms with Crippen molar-refractivity contribution in [2.75, 3.05) is 5.73 Å². The van der Waals surface area contributed by atoms with Crippen LogP contribution in [0.2, 0.25) is 0 Å². The number of anilines is 1. The predicted molar refractivity (Wildman–Crippen MR) is 67.7 cm³/mol. The molecule has 0 aliphatic heterocycles. The number of nitrogen functional groups attached to an aromatic ring is 1. The molecule has 1 aliphatic carbocycles. The lowest BCUT2D eigenvalue weighted by Crippen LogP contribution is -2.34. The van der Waals surface area contributed by atoms with E-state index in [0.717, 1.165) is 31.4 Å². The second-order valence-corrected chi connectivity index (χ2v) is 5.04. The SMILES string of the molecule is CCCc1cc(C(=O)NC2(C)CC2)cc(N)n1. The van der Waals surface area contributed by atoms with Crippen LogP contribution in [0.3, 0.4) is 0 Å². The Morgan fingerprint density at radius 3 is 2.82 bits per heavy atom. The van der Waals surface area contributed by atoms with Gasteiger partial charge in [0.1, 0.15) is 5.82 Å². The van der Waals surface area contributed by atoms with Gasteiger partial charge < -0.3 is 11.1 Å². The third-order valence-corrected chi connectivity index (χ3v) is 3.08. The summed E-state index contributed by atoms with van der Waals surface area (Å²) >= 11 is 0. The lowest BCUT2D eigenvalue weighted by atomic mass is 10.1. The Kier molecular flexibility index (Phi) is 3.05. The lowest BCUT2D eigenvalue weighted by molar-refractivity contribution is 0.0935. The van der Waals surface area contributed by atoms with Crippen molar-refractivity contribution >= 4 is 11.7 Å². The van der Waals surface area contributed by atoms with Gasteiger partial charge in [0, 0.05) is 16.8 Å². The minimum atomic E-state index is -0.0450. The molecule has 1 aromatic heterocycles. The van der Waals surface area contributed by atoms with Crippen LogP contribution in [-0.2, 0) is 6.42 Å². The predicted octanol–water partition coefficient (Wildman–Crippen LogP) is 1.90. The Balaban J connectivity index is 2.16. The Labute approximate surface area is 102 Å². The first-order valence-electron chi connectivity index (χ1n) is 6.11. The Bertz CT molecular complexity index is 438. The van der Waals surface area contributed by atoms with Crippen molar-refractivity contribution in [1.29, 1.82) is 0 Å². The molecular weight excluding hydrogens is 214 g/mol. The van der Waals surface area contributed by atoms with Gasteiger partial charge in [-0.25, -0.2) is 4.98 Å². The average Bonchev–Trinajstić information content (AvgIpc) is 2.95. The summed E-state index contributed by atoms with van der Waals surface area (Å²) in [5, 5.41) is 3.02. The number of aromatic nitrogens is 1. The maximum atomic E-state index is 12.0. The monoisotopic (exact) mass is 233 g/mol. The first kappa shape index (κ1) is 11.9. The van der Waals surface area contributed by atoms with Crippen molar-refractivity contribution in [2.24, 2.45) is 0 Å². The van der Waals surface area contributed by atoms with E-state index in [1.807, 2.05) is 6.07 Å². The van der Waals surface area contributed by atoms with Crippen LogP contribution in [0, 0.1) is 0 Å². The highest BCUT2D eigenvalue weighted by atomic mass is 16.1. The third-order valence-electron chi connectivity index (χ3n) is 3.08. The number of nitrogens with zero attached hydrogens (tertiary/aromatic N) is 1. The second-order valence-electron chi connectivity index (χ2n) is 5.04. The summed E-state index contributed by atoms with van der Waals surface area (Å²) in [6.07, 6.45) is 3.96. The molecule has 0 aromatic carbocycles. The van der Waals surface area contributed by atoms with Gasteiger partial charge in [0.2, 0.25) is 0 Å². The Hall–Kier alpha value is -1.58. The van der Waals surface area contributed by atoms with Crippen molar-refractivity contribution in [3.63, 3.8) is 0 Å². The molecule has 1 saturated carbocycles. The zero-order valence-electron chi connectivity index (χ0n) is 10.4. The number of rotatable bonds is 4. The van der Waals surface area contributed by atoms with Crippen molar-refractivity contribution in [3.8, 4) is 0 Å². The van der Waals surface area contributed by atoms with Gasteiger partial charge in [0.05, 0.1) is 0 Å². The fourth-order valence-electron chi connectivity index (χ4n) is 1.78. The van der Waals surface area contributed by atoms with Crippen LogP contribution in [0.25, 0.3) is 0 Å². The molecule has 0 atom stereocenters. The van der Waals surface area contributed by atoms with E-state index in [1.165, 1.54) is 0 Å². The standard InChI is InChI=1S/C13H19N3O/c1-3-4-10-7-9(8-11(14)15-10)12(17)16-13(2)5-6-13/h7-8H,3-6H2,1-2H3,(H2,14,15)(H,16,17). The Morgan fingerprint density at radius 1 is 1.53 bits per heavy atom. The largest absolute Gasteiger partial charge is 0.384 e. The maximum absolute atomic E-state index is 12.0. The summed E-state index contributed by atoms with van der Waals surface area (Å²) in [5.41, 5.74) is 7.22. The van der Waals surface area contributed by atoms with E-state index < -0.39 is 0 Å². The normalized spacial score (nSPS) is 16.6. The van der Waals surface area contributed by atoms with E-state index in [-0.39, 0.29) is 11.4 Å². The third kappa shape index (κ3) is 2.96. The first-order chi connectivity index (χ1) is 8.02. The van der Waals surface area contributed by atoms with E-state index in [2.05, 4.69) is 24.1 Å². The van der Waals surface area contributed by atoms with Gasteiger partial charge in [0.15, 0.2) is 0 Å². The van der Waals surface area contributed by atoms with E-state index in [0.29, 0.717) is 11.4 Å². The molecule has 0 spiro atoms. The molecule has 3 N–H and O–H groups in total. The number of pyridine rings is 1. The minimum Gasteiger partial charge on any atom is -0.384 e. The highest BCUT2D eigenvalue weighted by Crippen LogP contribution is 2.34. The smallest absolute Gasteiger partial charge is 0.251 e. The molecular formula is C13H19N3O. The van der Waals surface area contributed by atoms with Gasteiger partial charge >= 0.3 is 0 Å². The van der Waals surface area contributed by atoms with Gasteiger partial charge in [-0.05, 0) is 38.3 Å². The molecule has 2 rings (SSSR count). The zero-order chi connectivity index (χ0) is 12.5. The fraction of sp³-hybridized carbons (Fsp3) is 0.538. The topological polar surface area (TPSA) is 68.0 Å². The summed E-state index contributed by atoms with van der Waals surface area (Å²) in [5.74, 6) is 0.374. The van der Waals surface area contributed by atoms with Crippen molar-refractivity contribution in [3.05, 3.63) is 23.4 Å². The highest BCUT2D eigenvalue weighted by molar-refractivity contribution is 5.95. The van der Waals surface area contributed by atoms with E-state index >= 15 is 0 Å². The fourth-order valence-corrected chi connectivity index (χ4v) is 1.78. The summed E-state index contributed by atoms with van der Waals surface area (Å²) in [4.78, 5) is 16.2. The lowest BCUT2D eigenvalue weighted by Gasteiger charge is -2.12. The van der Waals surface area contributed by atoms with Gasteiger partial charge in [-0.3, -0.25) is 4.79 Å². The molecule has 92 valence electrons. The van der Waals surface area contributed by atoms with Crippen LogP contribution >= 0.6 is 0 Å². The van der Waals surface area contributed by atoms with Gasteiger partial charge in [-0.15, -0.1) is 0 Å². The van der Waals surface area contributed by atoms with Crippen LogP contribution in [-0.4, -0.2) is 16.4 Å². The number of hydrogen-bond acceptors (Lipinski definition) is 3. The van der Waals surface area contributed by atoms with Crippen LogP contribution in [0.5, 0.6) is 0 Å². The van der Waals surface area contributed by atoms with Crippen LogP contribution in [0.4, 0.5) is 5.82 Å². The Morgan fingerprint density at radius 2 is 2.24 bits per heavy atom. The quantitative estimate of drug-likeness (QED) is 0.834. The molecule has 0 radical (unpaired) electrons. The van der Waals surface area contributed by atoms with Gasteiger partial charge in [-0.1, -0.05) is 13.3 Å². The zero-order valence-corrected chi connectivity index (χ0v) is 10.4. The summed E-state index contributed by atoms with van der Waals surface area (Å²) in [7, 11) is 0. The molecule has 4 nitrogen and oxygen atoms in total. The van der Waals surface area contributed by atoms with E-state index in [9.17, 15) is 4.79 Å². The number of nitrogens with two attached hydrogens (primary N) is 1. The molecule has 0 saturated heterocycles. The number of nitrogens with one attached hydrogen (secondary N) is 1. The molecule has 1 fully saturated rings. The average molecular weight is 233 g/mol. The van der Waals surface area contributed by atoms with Gasteiger partial charge in [-0.2, -0.15) is 0 Å². The van der Waals surface area contributed by atoms with Crippen molar-refractivity contribution < 1.29 is 4.79 Å². The summed E-state index contributed by atoms with van der Waals surface area (Å²) in [6.45, 7) is 4.14.